The van der Waals surface area contributed by atoms with E-state index in [1.165, 1.54) is 12.1 Å². The van der Waals surface area contributed by atoms with Gasteiger partial charge in [-0.15, -0.1) is 0 Å². The van der Waals surface area contributed by atoms with Crippen LogP contribution in [0.25, 0.3) is 0 Å². The van der Waals surface area contributed by atoms with Crippen LogP contribution >= 0.6 is 11.6 Å². The van der Waals surface area contributed by atoms with Crippen molar-refractivity contribution in [2.75, 3.05) is 25.1 Å². The summed E-state index contributed by atoms with van der Waals surface area (Å²) in [5.74, 6) is -0.0818. The summed E-state index contributed by atoms with van der Waals surface area (Å²) < 4.78 is 5.38. The standard InChI is InChI=1S/C12H15ClN2O3/c13-10-4-9(12(16)17)5-11(15-10)14-6-8-2-1-3-18-7-8/h4-5,8H,1-3,6-7H2,(H,14,15)(H,16,17). The number of hydrogen-bond acceptors (Lipinski definition) is 4. The van der Waals surface area contributed by atoms with Gasteiger partial charge in [-0.1, -0.05) is 11.6 Å². The second kappa shape index (κ2) is 6.02. The van der Waals surface area contributed by atoms with E-state index in [2.05, 4.69) is 10.3 Å². The van der Waals surface area contributed by atoms with Crippen LogP contribution in [0.4, 0.5) is 5.82 Å². The molecule has 2 rings (SSSR count). The Morgan fingerprint density at radius 3 is 3.11 bits per heavy atom. The van der Waals surface area contributed by atoms with E-state index in [0.717, 1.165) is 26.1 Å². The molecule has 1 fully saturated rings. The largest absolute Gasteiger partial charge is 0.478 e. The molecule has 1 aliphatic rings. The van der Waals surface area contributed by atoms with Crippen LogP contribution in [0.2, 0.25) is 5.15 Å². The molecule has 98 valence electrons. The lowest BCUT2D eigenvalue weighted by molar-refractivity contribution is 0.0594. The van der Waals surface area contributed by atoms with Gasteiger partial charge in [0, 0.05) is 13.2 Å². The van der Waals surface area contributed by atoms with Crippen LogP contribution in [0.1, 0.15) is 23.2 Å². The van der Waals surface area contributed by atoms with Gasteiger partial charge in [0.25, 0.3) is 0 Å². The minimum atomic E-state index is -1.01. The number of aromatic carboxylic acids is 1. The molecule has 2 N–H and O–H groups in total. The molecular weight excluding hydrogens is 256 g/mol. The van der Waals surface area contributed by atoms with E-state index in [-0.39, 0.29) is 10.7 Å². The molecule has 0 amide bonds. The molecule has 0 aromatic carbocycles. The molecule has 2 heterocycles. The van der Waals surface area contributed by atoms with Gasteiger partial charge in [-0.3, -0.25) is 0 Å². The van der Waals surface area contributed by atoms with E-state index in [0.29, 0.717) is 18.3 Å². The molecule has 1 aromatic rings. The van der Waals surface area contributed by atoms with Gasteiger partial charge in [0.1, 0.15) is 11.0 Å². The van der Waals surface area contributed by atoms with Crippen molar-refractivity contribution in [1.29, 1.82) is 0 Å². The average molecular weight is 271 g/mol. The van der Waals surface area contributed by atoms with Gasteiger partial charge in [0.2, 0.25) is 0 Å². The maximum atomic E-state index is 10.9. The Hall–Kier alpha value is -1.33. The van der Waals surface area contributed by atoms with Gasteiger partial charge < -0.3 is 15.2 Å². The zero-order chi connectivity index (χ0) is 13.0. The van der Waals surface area contributed by atoms with E-state index < -0.39 is 5.97 Å². The fourth-order valence-corrected chi connectivity index (χ4v) is 2.14. The van der Waals surface area contributed by atoms with Crippen LogP contribution in [0.3, 0.4) is 0 Å². The minimum absolute atomic E-state index is 0.136. The summed E-state index contributed by atoms with van der Waals surface area (Å²) in [6.45, 7) is 2.28. The summed E-state index contributed by atoms with van der Waals surface area (Å²) in [5, 5.41) is 12.2. The number of halogens is 1. The number of pyridine rings is 1. The van der Waals surface area contributed by atoms with Crippen molar-refractivity contribution in [2.24, 2.45) is 5.92 Å². The fourth-order valence-electron chi connectivity index (χ4n) is 1.93. The van der Waals surface area contributed by atoms with E-state index in [1.807, 2.05) is 0 Å². The maximum Gasteiger partial charge on any atom is 0.335 e. The van der Waals surface area contributed by atoms with Crippen LogP contribution in [0.15, 0.2) is 12.1 Å². The number of nitrogens with zero attached hydrogens (tertiary/aromatic N) is 1. The number of carboxylic acid groups (broad SMARTS) is 1. The Labute approximate surface area is 110 Å². The van der Waals surface area contributed by atoms with Crippen molar-refractivity contribution in [3.8, 4) is 0 Å². The lowest BCUT2D eigenvalue weighted by atomic mass is 10.0. The first-order chi connectivity index (χ1) is 8.65. The highest BCUT2D eigenvalue weighted by atomic mass is 35.5. The lowest BCUT2D eigenvalue weighted by Crippen LogP contribution is -2.24. The molecule has 1 aliphatic heterocycles. The normalized spacial score (nSPS) is 19.5. The van der Waals surface area contributed by atoms with Crippen LogP contribution in [0.5, 0.6) is 0 Å². The van der Waals surface area contributed by atoms with Crippen LogP contribution in [0, 0.1) is 5.92 Å². The molecule has 0 saturated carbocycles. The lowest BCUT2D eigenvalue weighted by Gasteiger charge is -2.22. The van der Waals surface area contributed by atoms with Gasteiger partial charge in [-0.05, 0) is 30.9 Å². The number of hydrogen-bond donors (Lipinski definition) is 2. The van der Waals surface area contributed by atoms with Crippen LogP contribution in [-0.2, 0) is 4.74 Å². The van der Waals surface area contributed by atoms with Gasteiger partial charge in [-0.25, -0.2) is 9.78 Å². The Kier molecular flexibility index (Phi) is 4.38. The Bertz CT molecular complexity index is 433. The van der Waals surface area contributed by atoms with Crippen molar-refractivity contribution in [3.63, 3.8) is 0 Å². The number of aromatic nitrogens is 1. The van der Waals surface area contributed by atoms with Gasteiger partial charge in [0.15, 0.2) is 0 Å². The summed E-state index contributed by atoms with van der Waals surface area (Å²) in [4.78, 5) is 14.9. The second-order valence-corrected chi connectivity index (χ2v) is 4.72. The van der Waals surface area contributed by atoms with Crippen molar-refractivity contribution in [1.82, 2.24) is 4.98 Å². The Morgan fingerprint density at radius 2 is 2.44 bits per heavy atom. The van der Waals surface area contributed by atoms with Crippen molar-refractivity contribution < 1.29 is 14.6 Å². The number of rotatable bonds is 4. The van der Waals surface area contributed by atoms with E-state index >= 15 is 0 Å². The molecule has 0 aliphatic carbocycles. The van der Waals surface area contributed by atoms with Crippen LogP contribution < -0.4 is 5.32 Å². The van der Waals surface area contributed by atoms with Gasteiger partial charge >= 0.3 is 5.97 Å². The average Bonchev–Trinajstić information content (AvgIpc) is 2.37. The molecule has 0 bridgehead atoms. The monoisotopic (exact) mass is 270 g/mol. The molecule has 1 atom stereocenters. The summed E-state index contributed by atoms with van der Waals surface area (Å²) in [5.41, 5.74) is 0.136. The first kappa shape index (κ1) is 13.1. The molecule has 1 unspecified atom stereocenters. The highest BCUT2D eigenvalue weighted by Crippen LogP contribution is 2.17. The highest BCUT2D eigenvalue weighted by molar-refractivity contribution is 6.29. The van der Waals surface area contributed by atoms with Gasteiger partial charge in [-0.2, -0.15) is 0 Å². The fraction of sp³-hybridized carbons (Fsp3) is 0.500. The number of carboxylic acids is 1. The molecule has 5 nitrogen and oxygen atoms in total. The van der Waals surface area contributed by atoms with E-state index in [1.54, 1.807) is 0 Å². The molecule has 0 spiro atoms. The molecule has 6 heteroatoms. The number of carbonyl (C=O) groups is 1. The zero-order valence-electron chi connectivity index (χ0n) is 9.86. The van der Waals surface area contributed by atoms with E-state index in [9.17, 15) is 4.79 Å². The maximum absolute atomic E-state index is 10.9. The number of anilines is 1. The first-order valence-electron chi connectivity index (χ1n) is 5.87. The third kappa shape index (κ3) is 3.58. The molecule has 1 aromatic heterocycles. The summed E-state index contributed by atoms with van der Waals surface area (Å²) in [6.07, 6.45) is 2.18. The van der Waals surface area contributed by atoms with Gasteiger partial charge in [0.05, 0.1) is 12.2 Å². The minimum Gasteiger partial charge on any atom is -0.478 e. The third-order valence-corrected chi connectivity index (χ3v) is 3.06. The van der Waals surface area contributed by atoms with Crippen LogP contribution in [-0.4, -0.2) is 35.8 Å². The number of nitrogens with one attached hydrogen (secondary N) is 1. The second-order valence-electron chi connectivity index (χ2n) is 4.33. The third-order valence-electron chi connectivity index (χ3n) is 2.87. The molecular formula is C12H15ClN2O3. The highest BCUT2D eigenvalue weighted by Gasteiger charge is 2.14. The van der Waals surface area contributed by atoms with Crippen molar-refractivity contribution in [2.45, 2.75) is 12.8 Å². The first-order valence-corrected chi connectivity index (χ1v) is 6.25. The number of ether oxygens (including phenoxy) is 1. The Morgan fingerprint density at radius 1 is 1.61 bits per heavy atom. The predicted octanol–water partition coefficient (Wildman–Crippen LogP) is 2.27. The van der Waals surface area contributed by atoms with E-state index in [4.69, 9.17) is 21.4 Å². The molecule has 1 saturated heterocycles. The molecule has 0 radical (unpaired) electrons. The quantitative estimate of drug-likeness (QED) is 0.821. The predicted molar refractivity (Wildman–Crippen MR) is 68.2 cm³/mol. The zero-order valence-corrected chi connectivity index (χ0v) is 10.6. The SMILES string of the molecule is O=C(O)c1cc(Cl)nc(NCC2CCCOC2)c1. The summed E-state index contributed by atoms with van der Waals surface area (Å²) in [6, 6.07) is 2.82. The summed E-state index contributed by atoms with van der Waals surface area (Å²) in [7, 11) is 0. The smallest absolute Gasteiger partial charge is 0.335 e. The Balaban J connectivity index is 1.97. The topological polar surface area (TPSA) is 71.5 Å². The van der Waals surface area contributed by atoms with Crippen molar-refractivity contribution in [3.05, 3.63) is 22.8 Å². The summed E-state index contributed by atoms with van der Waals surface area (Å²) >= 11 is 5.78. The van der Waals surface area contributed by atoms with Crippen molar-refractivity contribution >= 4 is 23.4 Å². The molecule has 18 heavy (non-hydrogen) atoms.